The van der Waals surface area contributed by atoms with Gasteiger partial charge in [0.1, 0.15) is 0 Å². The number of ether oxygens (including phenoxy) is 1. The van der Waals surface area contributed by atoms with Crippen LogP contribution in [0.5, 0.6) is 0 Å². The molecular formula is C9H20BrNO. The molecule has 0 aromatic carbocycles. The number of hydrogen-bond acceptors (Lipinski definition) is 2. The van der Waals surface area contributed by atoms with Crippen molar-refractivity contribution in [3.63, 3.8) is 0 Å². The Balaban J connectivity index is 2.82. The van der Waals surface area contributed by atoms with Gasteiger partial charge in [-0.15, -0.1) is 0 Å². The van der Waals surface area contributed by atoms with Crippen molar-refractivity contribution in [3.05, 3.63) is 0 Å². The van der Waals surface area contributed by atoms with Crippen LogP contribution in [0.25, 0.3) is 0 Å². The zero-order chi connectivity index (χ0) is 9.23. The molecule has 0 unspecified atom stereocenters. The number of alkyl halides is 1. The van der Waals surface area contributed by atoms with Crippen LogP contribution in [0.4, 0.5) is 0 Å². The lowest BCUT2D eigenvalue weighted by molar-refractivity contribution is 0.126. The lowest BCUT2D eigenvalue weighted by Crippen LogP contribution is -2.21. The summed E-state index contributed by atoms with van der Waals surface area (Å²) in [4.78, 5) is 0. The van der Waals surface area contributed by atoms with Gasteiger partial charge in [-0.3, -0.25) is 0 Å². The van der Waals surface area contributed by atoms with E-state index in [1.807, 2.05) is 0 Å². The van der Waals surface area contributed by atoms with E-state index >= 15 is 0 Å². The molecule has 0 aliphatic rings. The van der Waals surface area contributed by atoms with Gasteiger partial charge in [-0.05, 0) is 12.3 Å². The monoisotopic (exact) mass is 237 g/mol. The summed E-state index contributed by atoms with van der Waals surface area (Å²) in [5, 5.41) is 4.26. The maximum atomic E-state index is 5.41. The highest BCUT2D eigenvalue weighted by Gasteiger charge is 1.93. The second-order valence-corrected chi connectivity index (χ2v) is 4.03. The van der Waals surface area contributed by atoms with Gasteiger partial charge >= 0.3 is 0 Å². The van der Waals surface area contributed by atoms with Gasteiger partial charge in [-0.25, -0.2) is 0 Å². The fraction of sp³-hybridized carbons (Fsp3) is 1.00. The van der Waals surface area contributed by atoms with Crippen LogP contribution >= 0.6 is 15.9 Å². The molecule has 0 aliphatic heterocycles. The molecule has 0 bridgehead atoms. The molecule has 0 atom stereocenters. The maximum absolute atomic E-state index is 5.41. The zero-order valence-electron chi connectivity index (χ0n) is 8.11. The van der Waals surface area contributed by atoms with Crippen LogP contribution < -0.4 is 5.32 Å². The number of hydrogen-bond donors (Lipinski definition) is 1. The van der Waals surface area contributed by atoms with Gasteiger partial charge in [0.05, 0.1) is 6.61 Å². The Morgan fingerprint density at radius 1 is 1.25 bits per heavy atom. The minimum Gasteiger partial charge on any atom is -0.380 e. The smallest absolute Gasteiger partial charge is 0.0590 e. The molecule has 0 aliphatic carbocycles. The van der Waals surface area contributed by atoms with Crippen molar-refractivity contribution in [2.45, 2.75) is 20.3 Å². The van der Waals surface area contributed by atoms with Crippen molar-refractivity contribution in [2.24, 2.45) is 5.92 Å². The molecule has 0 spiro atoms. The first kappa shape index (κ1) is 12.4. The lowest BCUT2D eigenvalue weighted by atomic mass is 10.1. The van der Waals surface area contributed by atoms with E-state index in [1.54, 1.807) is 0 Å². The van der Waals surface area contributed by atoms with E-state index in [9.17, 15) is 0 Å². The van der Waals surface area contributed by atoms with E-state index in [-0.39, 0.29) is 0 Å². The molecule has 0 aromatic heterocycles. The van der Waals surface area contributed by atoms with Crippen molar-refractivity contribution in [1.82, 2.24) is 5.32 Å². The predicted molar refractivity (Wildman–Crippen MR) is 56.9 cm³/mol. The van der Waals surface area contributed by atoms with Crippen LogP contribution in [0, 0.1) is 5.92 Å². The van der Waals surface area contributed by atoms with E-state index < -0.39 is 0 Å². The van der Waals surface area contributed by atoms with Crippen LogP contribution in [0.2, 0.25) is 0 Å². The molecule has 0 fully saturated rings. The standard InChI is InChI=1S/C9H20BrNO/c1-9(2)3-7-12-8-6-11-5-4-10/h9,11H,3-8H2,1-2H3. The van der Waals surface area contributed by atoms with Crippen molar-refractivity contribution >= 4 is 15.9 Å². The predicted octanol–water partition coefficient (Wildman–Crippen LogP) is 2.03. The number of rotatable bonds is 8. The first-order valence-electron chi connectivity index (χ1n) is 4.61. The lowest BCUT2D eigenvalue weighted by Gasteiger charge is -2.06. The summed E-state index contributed by atoms with van der Waals surface area (Å²) in [5.41, 5.74) is 0. The van der Waals surface area contributed by atoms with Gasteiger partial charge < -0.3 is 10.1 Å². The summed E-state index contributed by atoms with van der Waals surface area (Å²) < 4.78 is 5.41. The minimum absolute atomic E-state index is 0.750. The fourth-order valence-electron chi connectivity index (χ4n) is 0.757. The molecule has 2 nitrogen and oxygen atoms in total. The molecule has 0 rings (SSSR count). The van der Waals surface area contributed by atoms with Gasteiger partial charge in [-0.2, -0.15) is 0 Å². The highest BCUT2D eigenvalue weighted by Crippen LogP contribution is 1.97. The summed E-state index contributed by atoms with van der Waals surface area (Å²) in [6.45, 7) is 8.14. The third kappa shape index (κ3) is 10.4. The van der Waals surface area contributed by atoms with E-state index in [1.165, 1.54) is 6.42 Å². The number of nitrogens with one attached hydrogen (secondary N) is 1. The van der Waals surface area contributed by atoms with E-state index in [4.69, 9.17) is 4.74 Å². The molecule has 12 heavy (non-hydrogen) atoms. The van der Waals surface area contributed by atoms with Gasteiger partial charge in [0.25, 0.3) is 0 Å². The second kappa shape index (κ2) is 9.49. The SMILES string of the molecule is CC(C)CCOCCNCCBr. The molecule has 0 heterocycles. The first-order chi connectivity index (χ1) is 5.77. The van der Waals surface area contributed by atoms with Crippen LogP contribution in [-0.4, -0.2) is 31.6 Å². The normalized spacial score (nSPS) is 11.0. The van der Waals surface area contributed by atoms with Crippen LogP contribution in [-0.2, 0) is 4.74 Å². The van der Waals surface area contributed by atoms with Gasteiger partial charge in [0, 0.05) is 25.0 Å². The van der Waals surface area contributed by atoms with Crippen LogP contribution in [0.1, 0.15) is 20.3 Å². The molecule has 0 radical (unpaired) electrons. The van der Waals surface area contributed by atoms with Gasteiger partial charge in [-0.1, -0.05) is 29.8 Å². The summed E-state index contributed by atoms with van der Waals surface area (Å²) in [5.74, 6) is 0.750. The Kier molecular flexibility index (Phi) is 9.80. The summed E-state index contributed by atoms with van der Waals surface area (Å²) in [6, 6.07) is 0. The van der Waals surface area contributed by atoms with Crippen molar-refractivity contribution < 1.29 is 4.74 Å². The quantitative estimate of drug-likeness (QED) is 0.516. The van der Waals surface area contributed by atoms with Crippen molar-refractivity contribution in [1.29, 1.82) is 0 Å². The Bertz CT molecular complexity index is 88.6. The summed E-state index contributed by atoms with van der Waals surface area (Å²) in [7, 11) is 0. The molecule has 74 valence electrons. The zero-order valence-corrected chi connectivity index (χ0v) is 9.69. The molecule has 0 amide bonds. The largest absolute Gasteiger partial charge is 0.380 e. The van der Waals surface area contributed by atoms with E-state index in [0.717, 1.165) is 37.6 Å². The van der Waals surface area contributed by atoms with Crippen molar-refractivity contribution in [2.75, 3.05) is 31.6 Å². The molecule has 1 N–H and O–H groups in total. The van der Waals surface area contributed by atoms with Crippen LogP contribution in [0.15, 0.2) is 0 Å². The maximum Gasteiger partial charge on any atom is 0.0590 e. The molecule has 0 saturated carbocycles. The van der Waals surface area contributed by atoms with E-state index in [2.05, 4.69) is 35.1 Å². The van der Waals surface area contributed by atoms with Gasteiger partial charge in [0.2, 0.25) is 0 Å². The summed E-state index contributed by atoms with van der Waals surface area (Å²) >= 11 is 3.35. The fourth-order valence-corrected chi connectivity index (χ4v) is 1.04. The van der Waals surface area contributed by atoms with Crippen molar-refractivity contribution in [3.8, 4) is 0 Å². The Labute approximate surface area is 84.2 Å². The third-order valence-electron chi connectivity index (χ3n) is 1.53. The summed E-state index contributed by atoms with van der Waals surface area (Å²) in [6.07, 6.45) is 1.17. The molecule has 0 saturated heterocycles. The Hall–Kier alpha value is 0.400. The number of halogens is 1. The topological polar surface area (TPSA) is 21.3 Å². The molecule has 0 aromatic rings. The second-order valence-electron chi connectivity index (χ2n) is 3.23. The molecule has 3 heteroatoms. The molecular weight excluding hydrogens is 218 g/mol. The minimum atomic E-state index is 0.750. The highest BCUT2D eigenvalue weighted by atomic mass is 79.9. The van der Waals surface area contributed by atoms with Gasteiger partial charge in [0.15, 0.2) is 0 Å². The van der Waals surface area contributed by atoms with E-state index in [0.29, 0.717) is 0 Å². The van der Waals surface area contributed by atoms with Crippen LogP contribution in [0.3, 0.4) is 0 Å². The first-order valence-corrected chi connectivity index (χ1v) is 5.74. The Morgan fingerprint density at radius 3 is 2.58 bits per heavy atom. The highest BCUT2D eigenvalue weighted by molar-refractivity contribution is 9.09. The average molecular weight is 238 g/mol. The third-order valence-corrected chi connectivity index (χ3v) is 1.93. The average Bonchev–Trinajstić information content (AvgIpc) is 2.02. The Morgan fingerprint density at radius 2 is 2.00 bits per heavy atom.